The summed E-state index contributed by atoms with van der Waals surface area (Å²) in [5.41, 5.74) is 0.941. The summed E-state index contributed by atoms with van der Waals surface area (Å²) in [6.07, 6.45) is 3.25. The number of rotatable bonds is 5. The summed E-state index contributed by atoms with van der Waals surface area (Å²) >= 11 is 1.34. The highest BCUT2D eigenvalue weighted by Crippen LogP contribution is 2.30. The molecule has 19 heavy (non-hydrogen) atoms. The van der Waals surface area contributed by atoms with Gasteiger partial charge in [0.1, 0.15) is 0 Å². The molecule has 0 aliphatic heterocycles. The number of benzene rings is 1. The third kappa shape index (κ3) is 2.58. The van der Waals surface area contributed by atoms with Gasteiger partial charge in [-0.05, 0) is 24.5 Å². The van der Waals surface area contributed by atoms with Gasteiger partial charge >= 0.3 is 0 Å². The van der Waals surface area contributed by atoms with E-state index >= 15 is 0 Å². The molecule has 5 nitrogen and oxygen atoms in total. The van der Waals surface area contributed by atoms with E-state index in [0.717, 1.165) is 0 Å². The molecular formula is C13H13NO4S. The van der Waals surface area contributed by atoms with E-state index in [4.69, 9.17) is 14.0 Å². The van der Waals surface area contributed by atoms with E-state index in [0.29, 0.717) is 27.7 Å². The summed E-state index contributed by atoms with van der Waals surface area (Å²) in [6.45, 7) is 0. The minimum atomic E-state index is -0.161. The van der Waals surface area contributed by atoms with Gasteiger partial charge in [-0.25, -0.2) is 0 Å². The Bertz CT molecular complexity index is 594. The highest BCUT2D eigenvalue weighted by Gasteiger charge is 2.18. The molecule has 0 unspecified atom stereocenters. The van der Waals surface area contributed by atoms with Crippen LogP contribution in [0.2, 0.25) is 0 Å². The maximum atomic E-state index is 12.3. The summed E-state index contributed by atoms with van der Waals surface area (Å²) in [4.78, 5) is 12.3. The van der Waals surface area contributed by atoms with Gasteiger partial charge in [-0.2, -0.15) is 0 Å². The number of ether oxygens (including phenoxy) is 2. The van der Waals surface area contributed by atoms with Gasteiger partial charge < -0.3 is 14.0 Å². The van der Waals surface area contributed by atoms with Crippen molar-refractivity contribution >= 4 is 17.5 Å². The lowest BCUT2D eigenvalue weighted by atomic mass is 10.1. The Labute approximate surface area is 114 Å². The van der Waals surface area contributed by atoms with Crippen molar-refractivity contribution < 1.29 is 18.8 Å². The predicted molar refractivity (Wildman–Crippen MR) is 71.3 cm³/mol. The van der Waals surface area contributed by atoms with Gasteiger partial charge in [0.05, 0.1) is 26.0 Å². The molecule has 2 aromatic rings. The van der Waals surface area contributed by atoms with Crippen LogP contribution in [-0.2, 0) is 0 Å². The number of ketones is 1. The van der Waals surface area contributed by atoms with Crippen LogP contribution < -0.4 is 9.47 Å². The largest absolute Gasteiger partial charge is 0.493 e. The zero-order valence-electron chi connectivity index (χ0n) is 10.8. The minimum Gasteiger partial charge on any atom is -0.493 e. The first kappa shape index (κ1) is 13.5. The molecule has 0 aliphatic carbocycles. The molecule has 1 aromatic heterocycles. The van der Waals surface area contributed by atoms with Crippen molar-refractivity contribution in [3.05, 3.63) is 35.5 Å². The third-order valence-corrected chi connectivity index (χ3v) is 3.28. The molecule has 0 amide bonds. The first-order chi connectivity index (χ1) is 9.21. The van der Waals surface area contributed by atoms with Gasteiger partial charge in [0, 0.05) is 5.56 Å². The maximum absolute atomic E-state index is 12.3. The van der Waals surface area contributed by atoms with E-state index in [1.807, 2.05) is 6.26 Å². The molecule has 0 atom stereocenters. The molecule has 6 heteroatoms. The Balaban J connectivity index is 2.39. The Morgan fingerprint density at radius 3 is 2.63 bits per heavy atom. The Morgan fingerprint density at radius 2 is 2.00 bits per heavy atom. The first-order valence-electron chi connectivity index (χ1n) is 5.46. The second kappa shape index (κ2) is 5.79. The van der Waals surface area contributed by atoms with Gasteiger partial charge in [0.15, 0.2) is 17.3 Å². The third-order valence-electron chi connectivity index (χ3n) is 2.61. The van der Waals surface area contributed by atoms with Crippen molar-refractivity contribution in [1.29, 1.82) is 0 Å². The zero-order valence-corrected chi connectivity index (χ0v) is 11.6. The van der Waals surface area contributed by atoms with Crippen LogP contribution >= 0.6 is 11.8 Å². The van der Waals surface area contributed by atoms with Crippen molar-refractivity contribution in [2.45, 2.75) is 5.09 Å². The lowest BCUT2D eigenvalue weighted by Crippen LogP contribution is -2.02. The van der Waals surface area contributed by atoms with E-state index in [9.17, 15) is 4.79 Å². The zero-order chi connectivity index (χ0) is 13.8. The fourth-order valence-corrected chi connectivity index (χ4v) is 2.14. The monoisotopic (exact) mass is 279 g/mol. The number of methoxy groups -OCH3 is 2. The second-order valence-corrected chi connectivity index (χ2v) is 4.41. The fourth-order valence-electron chi connectivity index (χ4n) is 1.66. The van der Waals surface area contributed by atoms with Crippen LogP contribution in [0.25, 0.3) is 0 Å². The summed E-state index contributed by atoms with van der Waals surface area (Å²) in [7, 11) is 3.07. The summed E-state index contributed by atoms with van der Waals surface area (Å²) in [5.74, 6) is 0.927. The first-order valence-corrected chi connectivity index (χ1v) is 6.69. The van der Waals surface area contributed by atoms with Gasteiger partial charge in [-0.1, -0.05) is 16.9 Å². The Morgan fingerprint density at radius 1 is 1.26 bits per heavy atom. The molecule has 100 valence electrons. The lowest BCUT2D eigenvalue weighted by molar-refractivity contribution is 0.103. The molecule has 0 radical (unpaired) electrons. The summed E-state index contributed by atoms with van der Waals surface area (Å²) < 4.78 is 15.3. The summed E-state index contributed by atoms with van der Waals surface area (Å²) in [6, 6.07) is 5.01. The molecule has 0 bridgehead atoms. The smallest absolute Gasteiger partial charge is 0.204 e. The van der Waals surface area contributed by atoms with Crippen LogP contribution in [0.5, 0.6) is 11.5 Å². The SMILES string of the molecule is COc1ccc(C(=O)c2cnoc2SC)cc1OC. The standard InChI is InChI=1S/C13H13NO4S/c1-16-10-5-4-8(6-11(10)17-2)12(15)9-7-14-18-13(9)19-3/h4-7H,1-3H3. The Hall–Kier alpha value is -1.95. The predicted octanol–water partition coefficient (Wildman–Crippen LogP) is 2.64. The van der Waals surface area contributed by atoms with Gasteiger partial charge in [-0.3, -0.25) is 4.79 Å². The number of thioether (sulfide) groups is 1. The molecule has 0 aliphatic rings. The molecule has 1 heterocycles. The van der Waals surface area contributed by atoms with Crippen LogP contribution in [0.15, 0.2) is 34.0 Å². The molecule has 1 aromatic carbocycles. The minimum absolute atomic E-state index is 0.161. The number of nitrogens with zero attached hydrogens (tertiary/aromatic N) is 1. The number of carbonyl (C=O) groups is 1. The van der Waals surface area contributed by atoms with E-state index in [1.54, 1.807) is 25.3 Å². The van der Waals surface area contributed by atoms with Gasteiger partial charge in [-0.15, -0.1) is 0 Å². The van der Waals surface area contributed by atoms with Crippen molar-refractivity contribution in [2.75, 3.05) is 20.5 Å². The van der Waals surface area contributed by atoms with Crippen LogP contribution in [0, 0.1) is 0 Å². The quantitative estimate of drug-likeness (QED) is 0.619. The normalized spacial score (nSPS) is 10.3. The molecular weight excluding hydrogens is 266 g/mol. The van der Waals surface area contributed by atoms with Crippen molar-refractivity contribution in [2.24, 2.45) is 0 Å². The van der Waals surface area contributed by atoms with Crippen molar-refractivity contribution in [1.82, 2.24) is 5.16 Å². The number of hydrogen-bond acceptors (Lipinski definition) is 6. The molecule has 0 saturated carbocycles. The highest BCUT2D eigenvalue weighted by atomic mass is 32.2. The van der Waals surface area contributed by atoms with E-state index in [1.165, 1.54) is 25.1 Å². The van der Waals surface area contributed by atoms with Crippen LogP contribution in [-0.4, -0.2) is 31.4 Å². The molecule has 0 N–H and O–H groups in total. The second-order valence-electron chi connectivity index (χ2n) is 3.63. The maximum Gasteiger partial charge on any atom is 0.204 e. The fraction of sp³-hybridized carbons (Fsp3) is 0.231. The molecule has 0 fully saturated rings. The van der Waals surface area contributed by atoms with E-state index in [2.05, 4.69) is 5.16 Å². The van der Waals surface area contributed by atoms with E-state index < -0.39 is 0 Å². The number of hydrogen-bond donors (Lipinski definition) is 0. The number of aromatic nitrogens is 1. The molecule has 0 spiro atoms. The van der Waals surface area contributed by atoms with Gasteiger partial charge in [0.2, 0.25) is 5.09 Å². The average Bonchev–Trinajstić information content (AvgIpc) is 2.94. The lowest BCUT2D eigenvalue weighted by Gasteiger charge is -2.08. The van der Waals surface area contributed by atoms with Crippen molar-refractivity contribution in [3.63, 3.8) is 0 Å². The molecule has 2 rings (SSSR count). The Kier molecular flexibility index (Phi) is 4.11. The number of carbonyl (C=O) groups excluding carboxylic acids is 1. The molecule has 0 saturated heterocycles. The van der Waals surface area contributed by atoms with E-state index in [-0.39, 0.29) is 5.78 Å². The highest BCUT2D eigenvalue weighted by molar-refractivity contribution is 7.98. The van der Waals surface area contributed by atoms with Crippen LogP contribution in [0.4, 0.5) is 0 Å². The van der Waals surface area contributed by atoms with Crippen LogP contribution in [0.3, 0.4) is 0 Å². The topological polar surface area (TPSA) is 61.6 Å². The van der Waals surface area contributed by atoms with Crippen LogP contribution in [0.1, 0.15) is 15.9 Å². The summed E-state index contributed by atoms with van der Waals surface area (Å²) in [5, 5.41) is 4.14. The average molecular weight is 279 g/mol. The van der Waals surface area contributed by atoms with Gasteiger partial charge in [0.25, 0.3) is 0 Å². The van der Waals surface area contributed by atoms with Crippen molar-refractivity contribution in [3.8, 4) is 11.5 Å².